The predicted molar refractivity (Wildman–Crippen MR) is 138 cm³/mol. The lowest BCUT2D eigenvalue weighted by molar-refractivity contribution is 0.619. The lowest BCUT2D eigenvalue weighted by Gasteiger charge is -2.35. The molecule has 5 rings (SSSR count). The van der Waals surface area contributed by atoms with Gasteiger partial charge in [0.15, 0.2) is 0 Å². The van der Waals surface area contributed by atoms with Gasteiger partial charge in [-0.1, -0.05) is 98.3 Å². The molecule has 3 aliphatic carbocycles. The van der Waals surface area contributed by atoms with Crippen molar-refractivity contribution in [2.75, 3.05) is 0 Å². The van der Waals surface area contributed by atoms with E-state index in [2.05, 4.69) is 87.7 Å². The molecule has 1 fully saturated rings. The van der Waals surface area contributed by atoms with E-state index < -0.39 is 0 Å². The van der Waals surface area contributed by atoms with Crippen molar-refractivity contribution in [3.05, 3.63) is 123 Å². The van der Waals surface area contributed by atoms with Crippen LogP contribution in [0.3, 0.4) is 0 Å². The number of allylic oxidation sites excluding steroid dienone is 7. The van der Waals surface area contributed by atoms with E-state index in [-0.39, 0.29) is 0 Å². The molecule has 0 spiro atoms. The van der Waals surface area contributed by atoms with Crippen LogP contribution in [0.15, 0.2) is 101 Å². The Morgan fingerprint density at radius 1 is 1.03 bits per heavy atom. The second-order valence-electron chi connectivity index (χ2n) is 9.79. The maximum absolute atomic E-state index is 4.67. The molecule has 0 aromatic heterocycles. The van der Waals surface area contributed by atoms with Crippen LogP contribution in [0, 0.1) is 5.92 Å². The van der Waals surface area contributed by atoms with Crippen molar-refractivity contribution in [1.29, 1.82) is 0 Å². The number of hydrogen-bond donors (Lipinski definition) is 0. The lowest BCUT2D eigenvalue weighted by Crippen LogP contribution is -2.21. The molecule has 2 aromatic rings. The van der Waals surface area contributed by atoms with E-state index in [0.29, 0.717) is 11.8 Å². The third-order valence-electron chi connectivity index (χ3n) is 7.61. The number of rotatable bonds is 5. The molecule has 0 nitrogen and oxygen atoms in total. The second-order valence-corrected chi connectivity index (χ2v) is 9.79. The normalized spacial score (nSPS) is 23.4. The highest BCUT2D eigenvalue weighted by Crippen LogP contribution is 2.55. The Balaban J connectivity index is 1.61. The van der Waals surface area contributed by atoms with Gasteiger partial charge in [-0.2, -0.15) is 0 Å². The van der Waals surface area contributed by atoms with Crippen molar-refractivity contribution < 1.29 is 0 Å². The molecule has 0 aliphatic heterocycles. The van der Waals surface area contributed by atoms with Gasteiger partial charge in [0, 0.05) is 11.8 Å². The van der Waals surface area contributed by atoms with Gasteiger partial charge >= 0.3 is 0 Å². The highest BCUT2D eigenvalue weighted by molar-refractivity contribution is 5.67. The van der Waals surface area contributed by atoms with E-state index in [9.17, 15) is 0 Å². The SMILES string of the molecule is C=C(CCC)C1=C(C)C=C2C/C(=C\c3ccccc3)C(=C)C2C1c1ccc2c(c1)CCC2. The van der Waals surface area contributed by atoms with Crippen LogP contribution in [0.2, 0.25) is 0 Å². The van der Waals surface area contributed by atoms with Crippen LogP contribution >= 0.6 is 0 Å². The van der Waals surface area contributed by atoms with Gasteiger partial charge in [0.05, 0.1) is 0 Å². The molecule has 2 unspecified atom stereocenters. The van der Waals surface area contributed by atoms with E-state index in [4.69, 9.17) is 0 Å². The Morgan fingerprint density at radius 2 is 1.81 bits per heavy atom. The summed E-state index contributed by atoms with van der Waals surface area (Å²) in [7, 11) is 0. The summed E-state index contributed by atoms with van der Waals surface area (Å²) in [5.41, 5.74) is 14.2. The Morgan fingerprint density at radius 3 is 2.59 bits per heavy atom. The second kappa shape index (κ2) is 8.58. The summed E-state index contributed by atoms with van der Waals surface area (Å²) >= 11 is 0. The van der Waals surface area contributed by atoms with Crippen LogP contribution in [0.5, 0.6) is 0 Å². The smallest absolute Gasteiger partial charge is 0.0201 e. The first-order valence-corrected chi connectivity index (χ1v) is 12.2. The molecular weight excluding hydrogens is 384 g/mol. The monoisotopic (exact) mass is 418 g/mol. The molecular formula is C32H34. The summed E-state index contributed by atoms with van der Waals surface area (Å²) < 4.78 is 0. The van der Waals surface area contributed by atoms with Crippen LogP contribution in [0.1, 0.15) is 67.7 Å². The summed E-state index contributed by atoms with van der Waals surface area (Å²) in [5.74, 6) is 0.672. The zero-order valence-electron chi connectivity index (χ0n) is 19.6. The van der Waals surface area contributed by atoms with E-state index in [1.165, 1.54) is 63.8 Å². The first-order chi connectivity index (χ1) is 15.6. The van der Waals surface area contributed by atoms with Crippen LogP contribution in [-0.4, -0.2) is 0 Å². The van der Waals surface area contributed by atoms with Crippen molar-refractivity contribution in [2.45, 2.75) is 58.3 Å². The number of aryl methyl sites for hydroxylation is 2. The fourth-order valence-corrected chi connectivity index (χ4v) is 6.16. The predicted octanol–water partition coefficient (Wildman–Crippen LogP) is 8.53. The number of hydrogen-bond acceptors (Lipinski definition) is 0. The van der Waals surface area contributed by atoms with Crippen LogP contribution in [0.25, 0.3) is 6.08 Å². The van der Waals surface area contributed by atoms with Crippen molar-refractivity contribution in [1.82, 2.24) is 0 Å². The van der Waals surface area contributed by atoms with Crippen molar-refractivity contribution in [3.8, 4) is 0 Å². The number of fused-ring (bicyclic) bond motifs is 2. The first kappa shape index (κ1) is 21.0. The molecule has 0 heterocycles. The van der Waals surface area contributed by atoms with E-state index in [0.717, 1.165) is 19.3 Å². The summed E-state index contributed by atoms with van der Waals surface area (Å²) in [4.78, 5) is 0. The molecule has 32 heavy (non-hydrogen) atoms. The van der Waals surface area contributed by atoms with Gasteiger partial charge in [0.25, 0.3) is 0 Å². The zero-order chi connectivity index (χ0) is 22.2. The molecule has 2 aromatic carbocycles. The average molecular weight is 419 g/mol. The summed E-state index contributed by atoms with van der Waals surface area (Å²) in [6.45, 7) is 13.8. The fraction of sp³-hybridized carbons (Fsp3) is 0.312. The van der Waals surface area contributed by atoms with E-state index >= 15 is 0 Å². The maximum Gasteiger partial charge on any atom is 0.0201 e. The van der Waals surface area contributed by atoms with Gasteiger partial charge < -0.3 is 0 Å². The molecule has 0 saturated heterocycles. The minimum absolute atomic E-state index is 0.328. The Hall–Kier alpha value is -2.86. The van der Waals surface area contributed by atoms with Crippen molar-refractivity contribution >= 4 is 6.08 Å². The standard InChI is InChI=1S/C32H34/c1-5-10-21(2)30-22(3)17-29-20-28(18-24-11-7-6-8-12-24)23(4)31(29)32(30)27-16-15-25-13-9-14-26(25)19-27/h6-8,11-12,15-19,31-32H,2,4-5,9-10,13-14,20H2,1,3H3/b28-18+. The quantitative estimate of drug-likeness (QED) is 0.456. The molecule has 0 amide bonds. The Kier molecular flexibility index (Phi) is 5.64. The minimum Gasteiger partial charge on any atom is -0.0955 e. The van der Waals surface area contributed by atoms with E-state index in [1.54, 1.807) is 11.1 Å². The van der Waals surface area contributed by atoms with Gasteiger partial charge in [-0.25, -0.2) is 0 Å². The van der Waals surface area contributed by atoms with Gasteiger partial charge in [-0.05, 0) is 83.6 Å². The van der Waals surface area contributed by atoms with Crippen LogP contribution in [-0.2, 0) is 12.8 Å². The Labute approximate surface area is 193 Å². The third kappa shape index (κ3) is 3.66. The van der Waals surface area contributed by atoms with Gasteiger partial charge in [0.1, 0.15) is 0 Å². The molecule has 1 saturated carbocycles. The minimum atomic E-state index is 0.328. The van der Waals surface area contributed by atoms with Crippen molar-refractivity contribution in [3.63, 3.8) is 0 Å². The topological polar surface area (TPSA) is 0 Å². The molecule has 3 aliphatic rings. The third-order valence-corrected chi connectivity index (χ3v) is 7.61. The van der Waals surface area contributed by atoms with Crippen molar-refractivity contribution in [2.24, 2.45) is 5.92 Å². The molecule has 0 radical (unpaired) electrons. The van der Waals surface area contributed by atoms with Gasteiger partial charge in [-0.15, -0.1) is 0 Å². The summed E-state index contributed by atoms with van der Waals surface area (Å²) in [5, 5.41) is 0. The molecule has 2 atom stereocenters. The highest BCUT2D eigenvalue weighted by atomic mass is 14.4. The summed E-state index contributed by atoms with van der Waals surface area (Å²) in [6, 6.07) is 18.0. The molecule has 162 valence electrons. The highest BCUT2D eigenvalue weighted by Gasteiger charge is 2.41. The van der Waals surface area contributed by atoms with E-state index in [1.807, 2.05) is 0 Å². The van der Waals surface area contributed by atoms with Crippen LogP contribution < -0.4 is 0 Å². The molecule has 0 bridgehead atoms. The lowest BCUT2D eigenvalue weighted by atomic mass is 9.69. The summed E-state index contributed by atoms with van der Waals surface area (Å²) in [6.07, 6.45) is 11.7. The molecule has 0 heteroatoms. The maximum atomic E-state index is 4.67. The van der Waals surface area contributed by atoms with Gasteiger partial charge in [0.2, 0.25) is 0 Å². The first-order valence-electron chi connectivity index (χ1n) is 12.2. The van der Waals surface area contributed by atoms with Gasteiger partial charge in [-0.3, -0.25) is 0 Å². The van der Waals surface area contributed by atoms with Crippen LogP contribution in [0.4, 0.5) is 0 Å². The number of benzene rings is 2. The Bertz CT molecular complexity index is 1170. The largest absolute Gasteiger partial charge is 0.0955 e. The zero-order valence-corrected chi connectivity index (χ0v) is 19.6. The average Bonchev–Trinajstić information content (AvgIpc) is 3.37. The molecule has 0 N–H and O–H groups in total. The fourth-order valence-electron chi connectivity index (χ4n) is 6.16.